The molecule has 3 aromatic rings. The lowest BCUT2D eigenvalue weighted by atomic mass is 10.1. The summed E-state index contributed by atoms with van der Waals surface area (Å²) in [5, 5.41) is 14.5. The summed E-state index contributed by atoms with van der Waals surface area (Å²) < 4.78 is 26.4. The summed E-state index contributed by atoms with van der Waals surface area (Å²) in [5.41, 5.74) is 1.62. The third-order valence-electron chi connectivity index (χ3n) is 4.47. The number of hydrogen-bond donors (Lipinski definition) is 2. The van der Waals surface area contributed by atoms with Crippen molar-refractivity contribution in [1.29, 1.82) is 0 Å². The smallest absolute Gasteiger partial charge is 0.159 e. The molecule has 0 amide bonds. The van der Waals surface area contributed by atoms with E-state index in [1.54, 1.807) is 11.3 Å². The highest BCUT2D eigenvalue weighted by Gasteiger charge is 2.22. The zero-order valence-electron chi connectivity index (χ0n) is 13.6. The van der Waals surface area contributed by atoms with Crippen LogP contribution < -0.4 is 5.32 Å². The second-order valence-electron chi connectivity index (χ2n) is 6.23. The minimum Gasteiger partial charge on any atom is -0.387 e. The molecule has 0 spiro atoms. The van der Waals surface area contributed by atoms with Gasteiger partial charge in [0.15, 0.2) is 11.6 Å². The molecule has 0 fully saturated rings. The third-order valence-corrected chi connectivity index (χ3v) is 5.65. The van der Waals surface area contributed by atoms with Gasteiger partial charge < -0.3 is 10.4 Å². The number of nitrogens with zero attached hydrogens (tertiary/aromatic N) is 2. The highest BCUT2D eigenvalue weighted by Crippen LogP contribution is 2.39. The summed E-state index contributed by atoms with van der Waals surface area (Å²) in [4.78, 5) is 11.3. The second kappa shape index (κ2) is 6.31. The number of nitrogens with one attached hydrogen (secondary N) is 1. The van der Waals surface area contributed by atoms with Gasteiger partial charge in [-0.3, -0.25) is 0 Å². The van der Waals surface area contributed by atoms with E-state index >= 15 is 0 Å². The number of benzene rings is 1. The molecule has 1 atom stereocenters. The van der Waals surface area contributed by atoms with Crippen LogP contribution in [0.4, 0.5) is 14.6 Å². The zero-order chi connectivity index (χ0) is 17.6. The Bertz CT molecular complexity index is 957. The number of fused-ring (bicyclic) bond motifs is 3. The van der Waals surface area contributed by atoms with Crippen LogP contribution in [0.1, 0.15) is 34.4 Å². The molecular weight excluding hydrogens is 344 g/mol. The van der Waals surface area contributed by atoms with Gasteiger partial charge in [-0.25, -0.2) is 18.7 Å². The highest BCUT2D eigenvalue weighted by atomic mass is 32.1. The van der Waals surface area contributed by atoms with E-state index in [1.807, 2.05) is 6.92 Å². The summed E-state index contributed by atoms with van der Waals surface area (Å²) in [6, 6.07) is 3.42. The number of aryl methyl sites for hydroxylation is 3. The summed E-state index contributed by atoms with van der Waals surface area (Å²) >= 11 is 1.70. The largest absolute Gasteiger partial charge is 0.387 e. The quantitative estimate of drug-likeness (QED) is 0.740. The molecule has 0 radical (unpaired) electrons. The van der Waals surface area contributed by atoms with E-state index in [9.17, 15) is 13.9 Å². The molecular formula is C18H17F2N3OS. The molecule has 0 saturated heterocycles. The van der Waals surface area contributed by atoms with E-state index in [4.69, 9.17) is 0 Å². The fourth-order valence-corrected chi connectivity index (χ4v) is 4.57. The second-order valence-corrected chi connectivity index (χ2v) is 7.31. The lowest BCUT2D eigenvalue weighted by Crippen LogP contribution is -2.14. The maximum absolute atomic E-state index is 13.3. The fraction of sp³-hybridized carbons (Fsp3) is 0.333. The Labute approximate surface area is 147 Å². The predicted octanol–water partition coefficient (Wildman–Crippen LogP) is 3.91. The molecule has 0 saturated carbocycles. The molecule has 25 heavy (non-hydrogen) atoms. The maximum Gasteiger partial charge on any atom is 0.159 e. The van der Waals surface area contributed by atoms with Crippen LogP contribution >= 0.6 is 11.3 Å². The fourth-order valence-electron chi connectivity index (χ4n) is 3.26. The number of anilines is 1. The van der Waals surface area contributed by atoms with Gasteiger partial charge >= 0.3 is 0 Å². The Hall–Kier alpha value is -2.12. The molecule has 1 aliphatic rings. The normalized spacial score (nSPS) is 14.7. The molecule has 0 bridgehead atoms. The van der Waals surface area contributed by atoms with Crippen LogP contribution in [-0.4, -0.2) is 21.6 Å². The number of hydrogen-bond acceptors (Lipinski definition) is 5. The summed E-state index contributed by atoms with van der Waals surface area (Å²) in [5.74, 6) is -0.529. The van der Waals surface area contributed by atoms with Crippen molar-refractivity contribution in [3.8, 4) is 0 Å². The standard InChI is InChI=1S/C18H17F2N3OS/c1-9-22-17(16-11-3-2-4-15(11)25-18(16)23-9)21-8-14(24)10-5-6-12(19)13(20)7-10/h5-7,14,24H,2-4,8H2,1H3,(H,21,22,23). The molecule has 2 heterocycles. The monoisotopic (exact) mass is 361 g/mol. The first-order valence-corrected chi connectivity index (χ1v) is 9.00. The number of aliphatic hydroxyl groups is 1. The SMILES string of the molecule is Cc1nc(NCC(O)c2ccc(F)c(F)c2)c2c3c(sc2n1)CCC3. The highest BCUT2D eigenvalue weighted by molar-refractivity contribution is 7.19. The first kappa shape index (κ1) is 16.4. The van der Waals surface area contributed by atoms with Gasteiger partial charge in [-0.1, -0.05) is 6.07 Å². The van der Waals surface area contributed by atoms with Gasteiger partial charge in [0.05, 0.1) is 11.5 Å². The molecule has 2 N–H and O–H groups in total. The molecule has 4 nitrogen and oxygen atoms in total. The molecule has 1 unspecified atom stereocenters. The van der Waals surface area contributed by atoms with Gasteiger partial charge in [0.25, 0.3) is 0 Å². The molecule has 7 heteroatoms. The van der Waals surface area contributed by atoms with E-state index in [-0.39, 0.29) is 6.54 Å². The first-order valence-electron chi connectivity index (χ1n) is 8.18. The molecule has 4 rings (SSSR count). The summed E-state index contributed by atoms with van der Waals surface area (Å²) in [7, 11) is 0. The van der Waals surface area contributed by atoms with E-state index < -0.39 is 17.7 Å². The average molecular weight is 361 g/mol. The van der Waals surface area contributed by atoms with Gasteiger partial charge in [-0.15, -0.1) is 11.3 Å². The van der Waals surface area contributed by atoms with E-state index in [2.05, 4.69) is 15.3 Å². The van der Waals surface area contributed by atoms with Crippen molar-refractivity contribution < 1.29 is 13.9 Å². The van der Waals surface area contributed by atoms with Crippen molar-refractivity contribution in [1.82, 2.24) is 9.97 Å². The van der Waals surface area contributed by atoms with Gasteiger partial charge in [0.2, 0.25) is 0 Å². The number of aliphatic hydroxyl groups excluding tert-OH is 1. The third kappa shape index (κ3) is 2.98. The van der Waals surface area contributed by atoms with Gasteiger partial charge in [-0.05, 0) is 49.4 Å². The Morgan fingerprint density at radius 2 is 2.08 bits per heavy atom. The van der Waals surface area contributed by atoms with Crippen molar-refractivity contribution in [3.63, 3.8) is 0 Å². The summed E-state index contributed by atoms with van der Waals surface area (Å²) in [6.45, 7) is 1.99. The van der Waals surface area contributed by atoms with Gasteiger partial charge in [0, 0.05) is 11.4 Å². The van der Waals surface area contributed by atoms with Crippen LogP contribution in [0.5, 0.6) is 0 Å². The van der Waals surface area contributed by atoms with Crippen LogP contribution in [0.25, 0.3) is 10.2 Å². The molecule has 1 aromatic carbocycles. The van der Waals surface area contributed by atoms with Crippen LogP contribution in [0.15, 0.2) is 18.2 Å². The van der Waals surface area contributed by atoms with Crippen molar-refractivity contribution in [2.45, 2.75) is 32.3 Å². The van der Waals surface area contributed by atoms with Crippen LogP contribution in [0.2, 0.25) is 0 Å². The van der Waals surface area contributed by atoms with Crippen LogP contribution in [0, 0.1) is 18.6 Å². The average Bonchev–Trinajstić information content (AvgIpc) is 3.15. The van der Waals surface area contributed by atoms with Crippen molar-refractivity contribution in [2.24, 2.45) is 0 Å². The Kier molecular flexibility index (Phi) is 4.13. The minimum absolute atomic E-state index is 0.154. The summed E-state index contributed by atoms with van der Waals surface area (Å²) in [6.07, 6.45) is 2.27. The van der Waals surface area contributed by atoms with E-state index in [0.717, 1.165) is 41.6 Å². The maximum atomic E-state index is 13.3. The Morgan fingerprint density at radius 3 is 2.88 bits per heavy atom. The number of rotatable bonds is 4. The van der Waals surface area contributed by atoms with Crippen LogP contribution in [-0.2, 0) is 12.8 Å². The molecule has 130 valence electrons. The van der Waals surface area contributed by atoms with Gasteiger partial charge in [-0.2, -0.15) is 0 Å². The van der Waals surface area contributed by atoms with Crippen molar-refractivity contribution in [3.05, 3.63) is 51.7 Å². The van der Waals surface area contributed by atoms with Gasteiger partial charge in [0.1, 0.15) is 16.5 Å². The molecule has 2 aromatic heterocycles. The lowest BCUT2D eigenvalue weighted by molar-refractivity contribution is 0.191. The zero-order valence-corrected chi connectivity index (χ0v) is 14.5. The molecule has 0 aliphatic heterocycles. The van der Waals surface area contributed by atoms with Crippen molar-refractivity contribution >= 4 is 27.4 Å². The predicted molar refractivity (Wildman–Crippen MR) is 94.0 cm³/mol. The molecule has 1 aliphatic carbocycles. The first-order chi connectivity index (χ1) is 12.0. The number of halogens is 2. The van der Waals surface area contributed by atoms with Crippen LogP contribution in [0.3, 0.4) is 0 Å². The topological polar surface area (TPSA) is 58.0 Å². The van der Waals surface area contributed by atoms with Crippen molar-refractivity contribution in [2.75, 3.05) is 11.9 Å². The van der Waals surface area contributed by atoms with E-state index in [1.165, 1.54) is 16.5 Å². The lowest BCUT2D eigenvalue weighted by Gasteiger charge is -2.14. The number of thiophene rings is 1. The number of aromatic nitrogens is 2. The minimum atomic E-state index is -0.966. The Morgan fingerprint density at radius 1 is 1.24 bits per heavy atom. The van der Waals surface area contributed by atoms with E-state index in [0.29, 0.717) is 17.2 Å². The Balaban J connectivity index is 1.61.